The molecule has 0 heterocycles. The second-order valence-electron chi connectivity index (χ2n) is 5.83. The maximum atomic E-state index is 13.1. The van der Waals surface area contributed by atoms with Crippen molar-refractivity contribution in [3.05, 3.63) is 35.1 Å². The van der Waals surface area contributed by atoms with Crippen molar-refractivity contribution in [2.24, 2.45) is 0 Å². The van der Waals surface area contributed by atoms with Gasteiger partial charge in [0.15, 0.2) is 6.04 Å². The summed E-state index contributed by atoms with van der Waals surface area (Å²) in [6, 6.07) is 2.53. The number of carboxylic acids is 1. The Morgan fingerprint density at radius 1 is 1.33 bits per heavy atom. The predicted molar refractivity (Wildman–Crippen MR) is 75.5 cm³/mol. The molecule has 0 spiro atoms. The van der Waals surface area contributed by atoms with Crippen LogP contribution in [0, 0.1) is 12.7 Å². The molecule has 0 aromatic heterocycles. The number of ether oxygens (including phenoxy) is 1. The van der Waals surface area contributed by atoms with Crippen molar-refractivity contribution in [3.8, 4) is 0 Å². The highest BCUT2D eigenvalue weighted by molar-refractivity contribution is 5.81. The summed E-state index contributed by atoms with van der Waals surface area (Å²) in [6.07, 6.45) is -0.751. The summed E-state index contributed by atoms with van der Waals surface area (Å²) in [5.41, 5.74) is 0.0711. The fourth-order valence-electron chi connectivity index (χ4n) is 1.89. The van der Waals surface area contributed by atoms with Gasteiger partial charge in [0.2, 0.25) is 0 Å². The number of likely N-dealkylation sites (N-methyl/N-ethyl adjacent to an activating group) is 1. The molecule has 0 aliphatic heterocycles. The number of nitrogens with zero attached hydrogens (tertiary/aromatic N) is 1. The molecule has 1 N–H and O–H groups in total. The number of carboxylic acid groups (broad SMARTS) is 1. The smallest absolute Gasteiger partial charge is 0.411 e. The van der Waals surface area contributed by atoms with Crippen LogP contribution < -0.4 is 0 Å². The minimum Gasteiger partial charge on any atom is -0.479 e. The van der Waals surface area contributed by atoms with E-state index in [4.69, 9.17) is 4.74 Å². The van der Waals surface area contributed by atoms with Gasteiger partial charge in [-0.3, -0.25) is 4.90 Å². The molecule has 0 saturated heterocycles. The van der Waals surface area contributed by atoms with Crippen LogP contribution in [0.15, 0.2) is 18.2 Å². The summed E-state index contributed by atoms with van der Waals surface area (Å²) < 4.78 is 18.3. The third kappa shape index (κ3) is 4.44. The van der Waals surface area contributed by atoms with Gasteiger partial charge in [-0.2, -0.15) is 0 Å². The standard InChI is InChI=1S/C15H20FNO4/c1-9-8-10(16)6-7-11(9)12(13(18)19)17(5)14(20)21-15(2,3)4/h6-8,12H,1-5H3,(H,18,19). The molecule has 1 aromatic carbocycles. The minimum absolute atomic E-state index is 0.345. The lowest BCUT2D eigenvalue weighted by molar-refractivity contribution is -0.143. The van der Waals surface area contributed by atoms with Gasteiger partial charge in [-0.25, -0.2) is 14.0 Å². The number of halogens is 1. The van der Waals surface area contributed by atoms with Gasteiger partial charge >= 0.3 is 12.1 Å². The predicted octanol–water partition coefficient (Wildman–Crippen LogP) is 3.13. The lowest BCUT2D eigenvalue weighted by Crippen LogP contribution is -2.39. The van der Waals surface area contributed by atoms with E-state index in [0.717, 1.165) is 4.90 Å². The Balaban J connectivity index is 3.12. The highest BCUT2D eigenvalue weighted by Crippen LogP contribution is 2.25. The molecule has 1 rings (SSSR count). The molecule has 1 atom stereocenters. The van der Waals surface area contributed by atoms with Crippen molar-refractivity contribution < 1.29 is 23.8 Å². The van der Waals surface area contributed by atoms with E-state index in [-0.39, 0.29) is 0 Å². The van der Waals surface area contributed by atoms with E-state index >= 15 is 0 Å². The van der Waals surface area contributed by atoms with E-state index in [2.05, 4.69) is 0 Å². The number of aliphatic carboxylic acids is 1. The fourth-order valence-corrected chi connectivity index (χ4v) is 1.89. The van der Waals surface area contributed by atoms with Gasteiger partial charge in [0.05, 0.1) is 0 Å². The molecule has 0 aliphatic carbocycles. The van der Waals surface area contributed by atoms with Crippen LogP contribution in [0.3, 0.4) is 0 Å². The summed E-state index contributed by atoms with van der Waals surface area (Å²) >= 11 is 0. The molecule has 5 nitrogen and oxygen atoms in total. The van der Waals surface area contributed by atoms with E-state index in [9.17, 15) is 19.1 Å². The van der Waals surface area contributed by atoms with Crippen LogP contribution in [0.4, 0.5) is 9.18 Å². The molecule has 0 fully saturated rings. The normalized spacial score (nSPS) is 12.7. The van der Waals surface area contributed by atoms with Gasteiger partial charge in [0.1, 0.15) is 11.4 Å². The van der Waals surface area contributed by atoms with Crippen LogP contribution in [0.2, 0.25) is 0 Å². The summed E-state index contributed by atoms with van der Waals surface area (Å²) in [7, 11) is 1.34. The number of rotatable bonds is 3. The Kier molecular flexibility index (Phi) is 4.93. The van der Waals surface area contributed by atoms with Gasteiger partial charge in [0.25, 0.3) is 0 Å². The van der Waals surface area contributed by atoms with Gasteiger partial charge in [-0.1, -0.05) is 6.07 Å². The van der Waals surface area contributed by atoms with E-state index in [1.807, 2.05) is 0 Å². The molecule has 1 unspecified atom stereocenters. The van der Waals surface area contributed by atoms with Crippen LogP contribution in [0.25, 0.3) is 0 Å². The van der Waals surface area contributed by atoms with Crippen LogP contribution in [-0.4, -0.2) is 34.7 Å². The quantitative estimate of drug-likeness (QED) is 0.930. The van der Waals surface area contributed by atoms with E-state index in [1.165, 1.54) is 25.2 Å². The van der Waals surface area contributed by atoms with Gasteiger partial charge in [-0.05, 0) is 51.0 Å². The van der Waals surface area contributed by atoms with Crippen LogP contribution >= 0.6 is 0 Å². The highest BCUT2D eigenvalue weighted by atomic mass is 19.1. The molecular formula is C15H20FNO4. The largest absolute Gasteiger partial charge is 0.479 e. The monoisotopic (exact) mass is 297 g/mol. The molecular weight excluding hydrogens is 277 g/mol. The van der Waals surface area contributed by atoms with Crippen molar-refractivity contribution in [2.45, 2.75) is 39.3 Å². The summed E-state index contributed by atoms with van der Waals surface area (Å²) in [5.74, 6) is -1.67. The third-order valence-corrected chi connectivity index (χ3v) is 2.83. The van der Waals surface area contributed by atoms with Crippen LogP contribution in [0.1, 0.15) is 37.9 Å². The molecule has 0 radical (unpaired) electrons. The lowest BCUT2D eigenvalue weighted by Gasteiger charge is -2.29. The van der Waals surface area contributed by atoms with Gasteiger partial charge < -0.3 is 9.84 Å². The molecule has 116 valence electrons. The first-order chi connectivity index (χ1) is 9.53. The Labute approximate surface area is 123 Å². The summed E-state index contributed by atoms with van der Waals surface area (Å²) in [6.45, 7) is 6.67. The zero-order valence-corrected chi connectivity index (χ0v) is 12.8. The molecule has 1 amide bonds. The average Bonchev–Trinajstić information content (AvgIpc) is 2.29. The maximum Gasteiger partial charge on any atom is 0.411 e. The summed E-state index contributed by atoms with van der Waals surface area (Å²) in [5, 5.41) is 9.39. The Morgan fingerprint density at radius 3 is 2.33 bits per heavy atom. The molecule has 6 heteroatoms. The van der Waals surface area contributed by atoms with Crippen molar-refractivity contribution >= 4 is 12.1 Å². The number of carbonyl (C=O) groups is 2. The number of amides is 1. The minimum atomic E-state index is -1.24. The molecule has 0 saturated carbocycles. The first-order valence-corrected chi connectivity index (χ1v) is 6.47. The first kappa shape index (κ1) is 16.9. The van der Waals surface area contributed by atoms with Crippen LogP contribution in [-0.2, 0) is 9.53 Å². The third-order valence-electron chi connectivity index (χ3n) is 2.83. The van der Waals surface area contributed by atoms with E-state index < -0.39 is 29.5 Å². The second-order valence-corrected chi connectivity index (χ2v) is 5.83. The van der Waals surface area contributed by atoms with Crippen LogP contribution in [0.5, 0.6) is 0 Å². The van der Waals surface area contributed by atoms with Crippen molar-refractivity contribution in [2.75, 3.05) is 7.05 Å². The Bertz CT molecular complexity index is 551. The van der Waals surface area contributed by atoms with E-state index in [0.29, 0.717) is 11.1 Å². The van der Waals surface area contributed by atoms with E-state index in [1.54, 1.807) is 27.7 Å². The topological polar surface area (TPSA) is 66.8 Å². The number of aryl methyl sites for hydroxylation is 1. The maximum absolute atomic E-state index is 13.1. The Morgan fingerprint density at radius 2 is 1.90 bits per heavy atom. The SMILES string of the molecule is Cc1cc(F)ccc1C(C(=O)O)N(C)C(=O)OC(C)(C)C. The Hall–Kier alpha value is -2.11. The number of hydrogen-bond donors (Lipinski definition) is 1. The van der Waals surface area contributed by atoms with Crippen molar-refractivity contribution in [1.82, 2.24) is 4.90 Å². The second kappa shape index (κ2) is 6.11. The number of benzene rings is 1. The highest BCUT2D eigenvalue weighted by Gasteiger charge is 2.32. The van der Waals surface area contributed by atoms with Crippen molar-refractivity contribution in [1.29, 1.82) is 0 Å². The molecule has 21 heavy (non-hydrogen) atoms. The number of hydrogen-bond acceptors (Lipinski definition) is 3. The molecule has 0 aliphatic rings. The molecule has 0 bridgehead atoms. The molecule has 1 aromatic rings. The number of carbonyl (C=O) groups excluding carboxylic acids is 1. The van der Waals surface area contributed by atoms with Gasteiger partial charge in [0, 0.05) is 7.05 Å². The summed E-state index contributed by atoms with van der Waals surface area (Å²) in [4.78, 5) is 24.5. The fraction of sp³-hybridized carbons (Fsp3) is 0.467. The zero-order chi connectivity index (χ0) is 16.4. The first-order valence-electron chi connectivity index (χ1n) is 6.47. The lowest BCUT2D eigenvalue weighted by atomic mass is 10.0. The zero-order valence-electron chi connectivity index (χ0n) is 12.8. The average molecular weight is 297 g/mol. The van der Waals surface area contributed by atoms with Gasteiger partial charge in [-0.15, -0.1) is 0 Å². The van der Waals surface area contributed by atoms with Crippen molar-refractivity contribution in [3.63, 3.8) is 0 Å².